The van der Waals surface area contributed by atoms with E-state index < -0.39 is 48.4 Å². The molecule has 2 N–H and O–H groups in total. The zero-order valence-electron chi connectivity index (χ0n) is 11.9. The number of ether oxygens (including phenoxy) is 2. The molecule has 0 saturated heterocycles. The van der Waals surface area contributed by atoms with Crippen LogP contribution in [0.3, 0.4) is 0 Å². The first-order chi connectivity index (χ1) is 10.1. The van der Waals surface area contributed by atoms with Crippen LogP contribution in [0.15, 0.2) is 0 Å². The van der Waals surface area contributed by atoms with Gasteiger partial charge in [-0.3, -0.25) is 14.4 Å². The van der Waals surface area contributed by atoms with Gasteiger partial charge in [0.25, 0.3) is 0 Å². The fourth-order valence-electron chi connectivity index (χ4n) is 1.81. The monoisotopic (exact) mass is 378 g/mol. The standard InChI is InChI=1S/C11H17Cl2O8P/c1-3-20-10(21-4-2,9(18)11(12,13)22-19)6(8(16)17)5-7(14)15/h6H,3-5,22H2,1-2H3,(H,14,15)(H,16,17). The Morgan fingerprint density at radius 1 is 1.14 bits per heavy atom. The molecular weight excluding hydrogens is 362 g/mol. The number of hydrogen-bond acceptors (Lipinski definition) is 6. The molecule has 0 aromatic carbocycles. The summed E-state index contributed by atoms with van der Waals surface area (Å²) in [6.07, 6.45) is -0.973. The van der Waals surface area contributed by atoms with Crippen LogP contribution < -0.4 is 0 Å². The van der Waals surface area contributed by atoms with E-state index in [0.717, 1.165) is 0 Å². The normalized spacial score (nSPS) is 14.2. The number of Topliss-reactive ketones (excluding diaryl/α,β-unsaturated/α-hetero) is 1. The molecule has 11 heteroatoms. The Morgan fingerprint density at radius 3 is 1.86 bits per heavy atom. The van der Waals surface area contributed by atoms with E-state index in [2.05, 4.69) is 0 Å². The van der Waals surface area contributed by atoms with Gasteiger partial charge in [0.05, 0.1) is 6.42 Å². The molecule has 0 heterocycles. The van der Waals surface area contributed by atoms with Crippen LogP contribution in [0.1, 0.15) is 20.3 Å². The Hall–Kier alpha value is -0.660. The number of alkyl halides is 2. The lowest BCUT2D eigenvalue weighted by molar-refractivity contribution is -0.251. The van der Waals surface area contributed by atoms with E-state index in [9.17, 15) is 24.1 Å². The van der Waals surface area contributed by atoms with Gasteiger partial charge in [0.1, 0.15) is 14.4 Å². The van der Waals surface area contributed by atoms with Gasteiger partial charge in [-0.2, -0.15) is 0 Å². The molecule has 22 heavy (non-hydrogen) atoms. The molecular formula is C11H17Cl2O8P. The Labute approximate surface area is 137 Å². The highest BCUT2D eigenvalue weighted by Gasteiger charge is 2.58. The molecule has 128 valence electrons. The highest BCUT2D eigenvalue weighted by molar-refractivity contribution is 7.35. The topological polar surface area (TPSA) is 127 Å². The van der Waals surface area contributed by atoms with Gasteiger partial charge in [-0.1, -0.05) is 23.2 Å². The van der Waals surface area contributed by atoms with Gasteiger partial charge in [-0.25, -0.2) is 0 Å². The molecule has 0 saturated carbocycles. The third-order valence-corrected chi connectivity index (χ3v) is 4.06. The van der Waals surface area contributed by atoms with Crippen LogP contribution in [0.4, 0.5) is 0 Å². The average molecular weight is 379 g/mol. The van der Waals surface area contributed by atoms with E-state index in [-0.39, 0.29) is 13.2 Å². The van der Waals surface area contributed by atoms with Gasteiger partial charge >= 0.3 is 11.9 Å². The zero-order valence-corrected chi connectivity index (χ0v) is 14.5. The molecule has 0 aliphatic heterocycles. The van der Waals surface area contributed by atoms with Gasteiger partial charge < -0.3 is 24.3 Å². The van der Waals surface area contributed by atoms with E-state index in [4.69, 9.17) is 37.8 Å². The maximum Gasteiger partial charge on any atom is 0.313 e. The van der Waals surface area contributed by atoms with E-state index in [1.54, 1.807) is 0 Å². The van der Waals surface area contributed by atoms with Crippen molar-refractivity contribution in [3.8, 4) is 0 Å². The number of carboxylic acid groups (broad SMARTS) is 2. The molecule has 2 atom stereocenters. The molecule has 0 aliphatic rings. The first-order valence-corrected chi connectivity index (χ1v) is 8.01. The molecule has 0 bridgehead atoms. The number of carbonyl (C=O) groups is 3. The summed E-state index contributed by atoms with van der Waals surface area (Å²) in [7, 11) is -2.06. The molecule has 0 aromatic heterocycles. The van der Waals surface area contributed by atoms with Crippen molar-refractivity contribution >= 4 is 49.4 Å². The fourth-order valence-corrected chi connectivity index (χ4v) is 2.38. The number of carbonyl (C=O) groups excluding carboxylic acids is 1. The number of ketones is 1. The SMILES string of the molecule is CCOC(OCC)(C(=O)C(Cl)(Cl)[PH2]=O)C(CC(=O)O)C(=O)O. The maximum absolute atomic E-state index is 12.5. The lowest BCUT2D eigenvalue weighted by atomic mass is 9.91. The maximum atomic E-state index is 12.5. The van der Waals surface area contributed by atoms with Crippen molar-refractivity contribution in [3.63, 3.8) is 0 Å². The van der Waals surface area contributed by atoms with Crippen LogP contribution in [0, 0.1) is 5.92 Å². The Morgan fingerprint density at radius 2 is 1.59 bits per heavy atom. The summed E-state index contributed by atoms with van der Waals surface area (Å²) in [4.78, 5) is 34.8. The third kappa shape index (κ3) is 4.93. The highest BCUT2D eigenvalue weighted by Crippen LogP contribution is 2.42. The second-order valence-corrected chi connectivity index (χ2v) is 7.31. The number of carboxylic acids is 2. The van der Waals surface area contributed by atoms with E-state index in [1.807, 2.05) is 0 Å². The molecule has 0 aromatic rings. The van der Waals surface area contributed by atoms with Crippen molar-refractivity contribution in [1.82, 2.24) is 0 Å². The van der Waals surface area contributed by atoms with Gasteiger partial charge in [0.2, 0.25) is 15.6 Å². The van der Waals surface area contributed by atoms with Crippen molar-refractivity contribution in [1.29, 1.82) is 0 Å². The van der Waals surface area contributed by atoms with Crippen molar-refractivity contribution < 1.29 is 38.6 Å². The lowest BCUT2D eigenvalue weighted by Gasteiger charge is -2.37. The van der Waals surface area contributed by atoms with Crippen molar-refractivity contribution in [2.24, 2.45) is 5.92 Å². The largest absolute Gasteiger partial charge is 0.481 e. The molecule has 8 nitrogen and oxygen atoms in total. The van der Waals surface area contributed by atoms with Gasteiger partial charge in [-0.15, -0.1) is 0 Å². The van der Waals surface area contributed by atoms with Gasteiger partial charge in [-0.05, 0) is 13.8 Å². The summed E-state index contributed by atoms with van der Waals surface area (Å²) < 4.78 is 18.9. The third-order valence-electron chi connectivity index (χ3n) is 2.62. The second kappa shape index (κ2) is 8.84. The summed E-state index contributed by atoms with van der Waals surface area (Å²) in [5.41, 5.74) is 0. The number of hydrogen-bond donors (Lipinski definition) is 2. The van der Waals surface area contributed by atoms with Gasteiger partial charge in [0.15, 0.2) is 0 Å². The van der Waals surface area contributed by atoms with Crippen LogP contribution in [-0.4, -0.2) is 51.0 Å². The predicted octanol–water partition coefficient (Wildman–Crippen LogP) is 1.39. The number of rotatable bonds is 11. The van der Waals surface area contributed by atoms with Crippen LogP contribution >= 0.6 is 31.7 Å². The van der Waals surface area contributed by atoms with Crippen molar-refractivity contribution in [2.75, 3.05) is 13.2 Å². The lowest BCUT2D eigenvalue weighted by Crippen LogP contribution is -2.58. The first-order valence-electron chi connectivity index (χ1n) is 6.20. The smallest absolute Gasteiger partial charge is 0.313 e. The minimum atomic E-state index is -2.55. The zero-order chi connectivity index (χ0) is 17.6. The molecule has 2 unspecified atom stereocenters. The molecule has 0 radical (unpaired) electrons. The Kier molecular flexibility index (Phi) is 8.57. The van der Waals surface area contributed by atoms with Crippen LogP contribution in [-0.2, 0) is 28.4 Å². The minimum Gasteiger partial charge on any atom is -0.481 e. The fraction of sp³-hybridized carbons (Fsp3) is 0.727. The summed E-state index contributed by atoms with van der Waals surface area (Å²) in [5, 5.41) is 18.1. The quantitative estimate of drug-likeness (QED) is 0.313. The van der Waals surface area contributed by atoms with Crippen LogP contribution in [0.5, 0.6) is 0 Å². The summed E-state index contributed by atoms with van der Waals surface area (Å²) in [5.74, 6) is -8.91. The van der Waals surface area contributed by atoms with E-state index in [1.165, 1.54) is 13.8 Å². The molecule has 0 fully saturated rings. The van der Waals surface area contributed by atoms with Crippen LogP contribution in [0.25, 0.3) is 0 Å². The first kappa shape index (κ1) is 21.3. The van der Waals surface area contributed by atoms with Crippen LogP contribution in [0.2, 0.25) is 0 Å². The second-order valence-electron chi connectivity index (χ2n) is 4.09. The van der Waals surface area contributed by atoms with E-state index >= 15 is 0 Å². The molecule has 0 rings (SSSR count). The minimum absolute atomic E-state index is 0.187. The summed E-state index contributed by atoms with van der Waals surface area (Å²) in [6, 6.07) is 0. The van der Waals surface area contributed by atoms with Crippen molar-refractivity contribution in [3.05, 3.63) is 0 Å². The Bertz CT molecular complexity index is 447. The van der Waals surface area contributed by atoms with Crippen molar-refractivity contribution in [2.45, 2.75) is 30.1 Å². The molecule has 0 amide bonds. The molecule has 0 spiro atoms. The van der Waals surface area contributed by atoms with E-state index in [0.29, 0.717) is 0 Å². The highest BCUT2D eigenvalue weighted by atomic mass is 35.5. The number of aliphatic carboxylic acids is 2. The summed E-state index contributed by atoms with van der Waals surface area (Å²) in [6.45, 7) is 2.50. The average Bonchev–Trinajstić information content (AvgIpc) is 2.43. The van der Waals surface area contributed by atoms with Gasteiger partial charge in [0, 0.05) is 13.2 Å². The predicted molar refractivity (Wildman–Crippen MR) is 79.2 cm³/mol. The summed E-state index contributed by atoms with van der Waals surface area (Å²) >= 11 is 11.3. The molecule has 0 aliphatic carbocycles. The Balaban J connectivity index is 6.14. The number of halogens is 2.